The summed E-state index contributed by atoms with van der Waals surface area (Å²) in [5, 5.41) is 0. The second kappa shape index (κ2) is 5.07. The van der Waals surface area contributed by atoms with Crippen molar-refractivity contribution in [1.82, 2.24) is 0 Å². The van der Waals surface area contributed by atoms with Crippen LogP contribution in [0, 0.1) is 11.3 Å². The molecule has 1 saturated heterocycles. The van der Waals surface area contributed by atoms with Crippen molar-refractivity contribution in [3.05, 3.63) is 0 Å². The van der Waals surface area contributed by atoms with Crippen molar-refractivity contribution in [3.63, 3.8) is 0 Å². The summed E-state index contributed by atoms with van der Waals surface area (Å²) < 4.78 is 11.8. The van der Waals surface area contributed by atoms with Gasteiger partial charge in [0.1, 0.15) is 0 Å². The zero-order valence-electron chi connectivity index (χ0n) is 11.3. The van der Waals surface area contributed by atoms with E-state index in [1.54, 1.807) is 0 Å². The molecule has 2 nitrogen and oxygen atoms in total. The van der Waals surface area contributed by atoms with Crippen LogP contribution in [0.5, 0.6) is 0 Å². The number of halogens is 1. The predicted molar refractivity (Wildman–Crippen MR) is 70.6 cm³/mol. The van der Waals surface area contributed by atoms with Crippen LogP contribution in [0.15, 0.2) is 0 Å². The van der Waals surface area contributed by atoms with E-state index in [2.05, 4.69) is 20.8 Å². The fourth-order valence-electron chi connectivity index (χ4n) is 2.78. The number of hydrogen-bond donors (Lipinski definition) is 0. The predicted octanol–water partition coefficient (Wildman–Crippen LogP) is 3.62. The highest BCUT2D eigenvalue weighted by Crippen LogP contribution is 2.50. The maximum absolute atomic E-state index is 6.25. The van der Waals surface area contributed by atoms with Crippen LogP contribution in [0.1, 0.15) is 46.5 Å². The van der Waals surface area contributed by atoms with E-state index in [1.807, 2.05) is 0 Å². The highest BCUT2D eigenvalue weighted by Gasteiger charge is 2.50. The van der Waals surface area contributed by atoms with E-state index >= 15 is 0 Å². The quantitative estimate of drug-likeness (QED) is 0.703. The Balaban J connectivity index is 1.89. The van der Waals surface area contributed by atoms with Gasteiger partial charge in [-0.3, -0.25) is 0 Å². The number of ether oxygens (including phenoxy) is 2. The van der Waals surface area contributed by atoms with E-state index in [9.17, 15) is 0 Å². The van der Waals surface area contributed by atoms with E-state index in [0.29, 0.717) is 12.0 Å². The van der Waals surface area contributed by atoms with Gasteiger partial charge in [-0.1, -0.05) is 0 Å². The molecule has 17 heavy (non-hydrogen) atoms. The third kappa shape index (κ3) is 3.36. The molecule has 1 heterocycles. The molecule has 0 aromatic heterocycles. The lowest BCUT2D eigenvalue weighted by Gasteiger charge is -2.33. The van der Waals surface area contributed by atoms with Crippen LogP contribution in [0.25, 0.3) is 0 Å². The minimum absolute atomic E-state index is 0.0535. The van der Waals surface area contributed by atoms with Crippen molar-refractivity contribution in [2.75, 3.05) is 19.1 Å². The lowest BCUT2D eigenvalue weighted by Crippen LogP contribution is -2.36. The minimum Gasteiger partial charge on any atom is -0.377 e. The van der Waals surface area contributed by atoms with Crippen LogP contribution in [0.2, 0.25) is 0 Å². The van der Waals surface area contributed by atoms with E-state index in [0.717, 1.165) is 32.0 Å². The zero-order chi connectivity index (χ0) is 12.5. The molecule has 0 N–H and O–H groups in total. The average Bonchev–Trinajstić information content (AvgIpc) is 2.99. The second-order valence-electron chi connectivity index (χ2n) is 6.59. The Bertz CT molecular complexity index is 257. The standard InChI is InChI=1S/C14H25ClO2/c1-13(2,3)17-9-7-14(10-15)6-8-16-12(14)11-4-5-11/h11-12H,4-10H2,1-3H3. The first-order chi connectivity index (χ1) is 7.97. The monoisotopic (exact) mass is 260 g/mol. The molecule has 2 atom stereocenters. The normalized spacial score (nSPS) is 34.2. The third-order valence-electron chi connectivity index (χ3n) is 3.95. The van der Waals surface area contributed by atoms with Crippen LogP contribution in [0.3, 0.4) is 0 Å². The number of hydrogen-bond acceptors (Lipinski definition) is 2. The molecule has 2 fully saturated rings. The Kier molecular flexibility index (Phi) is 4.06. The molecule has 100 valence electrons. The summed E-state index contributed by atoms with van der Waals surface area (Å²) in [6.45, 7) is 7.98. The topological polar surface area (TPSA) is 18.5 Å². The van der Waals surface area contributed by atoms with Crippen molar-refractivity contribution in [3.8, 4) is 0 Å². The Hall–Kier alpha value is 0.210. The highest BCUT2D eigenvalue weighted by molar-refractivity contribution is 6.18. The van der Waals surface area contributed by atoms with Crippen molar-refractivity contribution >= 4 is 11.6 Å². The fraction of sp³-hybridized carbons (Fsp3) is 1.00. The van der Waals surface area contributed by atoms with Gasteiger partial charge in [0, 0.05) is 24.5 Å². The highest BCUT2D eigenvalue weighted by atomic mass is 35.5. The molecule has 0 bridgehead atoms. The first kappa shape index (κ1) is 13.6. The zero-order valence-corrected chi connectivity index (χ0v) is 12.1. The van der Waals surface area contributed by atoms with Gasteiger partial charge in [-0.25, -0.2) is 0 Å². The SMILES string of the molecule is CC(C)(C)OCCC1(CCl)CCOC1C1CC1. The Morgan fingerprint density at radius 3 is 2.59 bits per heavy atom. The lowest BCUT2D eigenvalue weighted by molar-refractivity contribution is -0.0318. The largest absolute Gasteiger partial charge is 0.377 e. The number of rotatable bonds is 5. The molecule has 1 aliphatic carbocycles. The van der Waals surface area contributed by atoms with Crippen molar-refractivity contribution in [2.24, 2.45) is 11.3 Å². The molecule has 3 heteroatoms. The third-order valence-corrected chi connectivity index (χ3v) is 4.48. The average molecular weight is 261 g/mol. The summed E-state index contributed by atoms with van der Waals surface area (Å²) in [7, 11) is 0. The van der Waals surface area contributed by atoms with E-state index in [-0.39, 0.29) is 11.0 Å². The summed E-state index contributed by atoms with van der Waals surface area (Å²) in [5.41, 5.74) is 0.121. The van der Waals surface area contributed by atoms with Crippen LogP contribution >= 0.6 is 11.6 Å². The molecule has 0 aromatic carbocycles. The van der Waals surface area contributed by atoms with Crippen molar-refractivity contribution < 1.29 is 9.47 Å². The molecule has 0 aromatic rings. The van der Waals surface area contributed by atoms with Crippen LogP contribution in [-0.4, -0.2) is 30.8 Å². The molecule has 2 aliphatic rings. The maximum atomic E-state index is 6.25. The Morgan fingerprint density at radius 2 is 2.06 bits per heavy atom. The molecule has 2 rings (SSSR count). The van der Waals surface area contributed by atoms with Gasteiger partial charge in [-0.15, -0.1) is 11.6 Å². The fourth-order valence-corrected chi connectivity index (χ4v) is 3.20. The van der Waals surface area contributed by atoms with Crippen LogP contribution < -0.4 is 0 Å². The van der Waals surface area contributed by atoms with Crippen LogP contribution in [-0.2, 0) is 9.47 Å². The summed E-state index contributed by atoms with van der Waals surface area (Å²) in [5.74, 6) is 1.48. The molecule has 0 amide bonds. The molecular formula is C14H25ClO2. The van der Waals surface area contributed by atoms with Gasteiger partial charge < -0.3 is 9.47 Å². The summed E-state index contributed by atoms with van der Waals surface area (Å²) in [6.07, 6.45) is 5.18. The molecule has 1 saturated carbocycles. The van der Waals surface area contributed by atoms with Crippen molar-refractivity contribution in [1.29, 1.82) is 0 Å². The van der Waals surface area contributed by atoms with E-state index in [1.165, 1.54) is 12.8 Å². The number of alkyl halides is 1. The van der Waals surface area contributed by atoms with Gasteiger partial charge in [0.2, 0.25) is 0 Å². The minimum atomic E-state index is -0.0535. The lowest BCUT2D eigenvalue weighted by atomic mass is 9.78. The van der Waals surface area contributed by atoms with Gasteiger partial charge in [-0.05, 0) is 52.4 Å². The summed E-state index contributed by atoms with van der Waals surface area (Å²) in [4.78, 5) is 0. The first-order valence-electron chi connectivity index (χ1n) is 6.78. The van der Waals surface area contributed by atoms with E-state index in [4.69, 9.17) is 21.1 Å². The van der Waals surface area contributed by atoms with Gasteiger partial charge in [-0.2, -0.15) is 0 Å². The Labute approximate surface area is 110 Å². The van der Waals surface area contributed by atoms with Gasteiger partial charge in [0.15, 0.2) is 0 Å². The molecule has 0 spiro atoms. The summed E-state index contributed by atoms with van der Waals surface area (Å²) >= 11 is 6.25. The van der Waals surface area contributed by atoms with Crippen LogP contribution in [0.4, 0.5) is 0 Å². The summed E-state index contributed by atoms with van der Waals surface area (Å²) in [6, 6.07) is 0. The first-order valence-corrected chi connectivity index (χ1v) is 7.32. The maximum Gasteiger partial charge on any atom is 0.0672 e. The van der Waals surface area contributed by atoms with E-state index < -0.39 is 0 Å². The smallest absolute Gasteiger partial charge is 0.0672 e. The molecule has 2 unspecified atom stereocenters. The Morgan fingerprint density at radius 1 is 1.35 bits per heavy atom. The van der Waals surface area contributed by atoms with Gasteiger partial charge in [0.25, 0.3) is 0 Å². The van der Waals surface area contributed by atoms with Gasteiger partial charge in [0.05, 0.1) is 11.7 Å². The molecule has 1 aliphatic heterocycles. The van der Waals surface area contributed by atoms with Gasteiger partial charge >= 0.3 is 0 Å². The second-order valence-corrected chi connectivity index (χ2v) is 6.85. The molecular weight excluding hydrogens is 236 g/mol. The molecule has 0 radical (unpaired) electrons. The van der Waals surface area contributed by atoms with Crippen molar-refractivity contribution in [2.45, 2.75) is 58.2 Å².